The molecule has 0 atom stereocenters. The fourth-order valence-electron chi connectivity index (χ4n) is 2.93. The van der Waals surface area contributed by atoms with Gasteiger partial charge in [-0.15, -0.1) is 11.3 Å². The van der Waals surface area contributed by atoms with Crippen molar-refractivity contribution in [2.75, 3.05) is 5.32 Å². The van der Waals surface area contributed by atoms with Gasteiger partial charge < -0.3 is 5.32 Å². The molecule has 0 fully saturated rings. The second kappa shape index (κ2) is 7.56. The highest BCUT2D eigenvalue weighted by Gasteiger charge is 2.15. The second-order valence-electron chi connectivity index (χ2n) is 6.54. The molecule has 0 aliphatic rings. The molecule has 29 heavy (non-hydrogen) atoms. The number of halogens is 2. The molecule has 0 saturated carbocycles. The van der Waals surface area contributed by atoms with E-state index in [2.05, 4.69) is 10.3 Å². The van der Waals surface area contributed by atoms with Crippen LogP contribution in [-0.4, -0.2) is 15.5 Å². The third kappa shape index (κ3) is 3.79. The Morgan fingerprint density at radius 1 is 1.17 bits per heavy atom. The SMILES string of the molecule is Cc1ccc(-c2csc3c(=O)n(CC(=O)Nc4cc(F)ccc4F)cnc23)cc1. The Hall–Kier alpha value is -3.39. The predicted molar refractivity (Wildman–Crippen MR) is 109 cm³/mol. The maximum Gasteiger partial charge on any atom is 0.271 e. The van der Waals surface area contributed by atoms with Crippen LogP contribution in [0, 0.1) is 18.6 Å². The molecule has 0 bridgehead atoms. The number of hydrogen-bond donors (Lipinski definition) is 1. The van der Waals surface area contributed by atoms with Crippen LogP contribution in [0.2, 0.25) is 0 Å². The highest BCUT2D eigenvalue weighted by atomic mass is 32.1. The molecule has 146 valence electrons. The number of carbonyl (C=O) groups excluding carboxylic acids is 1. The van der Waals surface area contributed by atoms with Gasteiger partial charge in [0.15, 0.2) is 0 Å². The van der Waals surface area contributed by atoms with E-state index in [0.29, 0.717) is 10.2 Å². The summed E-state index contributed by atoms with van der Waals surface area (Å²) in [7, 11) is 0. The number of rotatable bonds is 4. The highest BCUT2D eigenvalue weighted by molar-refractivity contribution is 7.17. The number of aromatic nitrogens is 2. The maximum absolute atomic E-state index is 13.7. The number of fused-ring (bicyclic) bond motifs is 1. The van der Waals surface area contributed by atoms with Crippen molar-refractivity contribution < 1.29 is 13.6 Å². The van der Waals surface area contributed by atoms with Crippen LogP contribution in [0.5, 0.6) is 0 Å². The van der Waals surface area contributed by atoms with Crippen molar-refractivity contribution in [1.82, 2.24) is 9.55 Å². The molecule has 4 aromatic rings. The molecule has 2 aromatic heterocycles. The Morgan fingerprint density at radius 2 is 1.93 bits per heavy atom. The van der Waals surface area contributed by atoms with Crippen LogP contribution in [-0.2, 0) is 11.3 Å². The van der Waals surface area contributed by atoms with E-state index in [0.717, 1.165) is 39.5 Å². The van der Waals surface area contributed by atoms with Crippen LogP contribution in [0.25, 0.3) is 21.3 Å². The molecule has 8 heteroatoms. The van der Waals surface area contributed by atoms with E-state index in [9.17, 15) is 18.4 Å². The van der Waals surface area contributed by atoms with E-state index < -0.39 is 17.5 Å². The number of nitrogens with zero attached hydrogens (tertiary/aromatic N) is 2. The lowest BCUT2D eigenvalue weighted by Crippen LogP contribution is -2.27. The summed E-state index contributed by atoms with van der Waals surface area (Å²) in [5, 5.41) is 4.13. The average Bonchev–Trinajstić information content (AvgIpc) is 3.12. The van der Waals surface area contributed by atoms with E-state index in [-0.39, 0.29) is 17.8 Å². The van der Waals surface area contributed by atoms with E-state index in [4.69, 9.17) is 0 Å². The molecule has 2 aromatic carbocycles. The zero-order valence-electron chi connectivity index (χ0n) is 15.3. The van der Waals surface area contributed by atoms with Gasteiger partial charge in [0.2, 0.25) is 5.91 Å². The number of thiophene rings is 1. The molecule has 0 aliphatic carbocycles. The monoisotopic (exact) mass is 411 g/mol. The Labute approximate surface area is 168 Å². The highest BCUT2D eigenvalue weighted by Crippen LogP contribution is 2.30. The number of amides is 1. The normalized spacial score (nSPS) is 11.0. The summed E-state index contributed by atoms with van der Waals surface area (Å²) in [6, 6.07) is 10.6. The largest absolute Gasteiger partial charge is 0.322 e. The molecule has 0 aliphatic heterocycles. The molecular weight excluding hydrogens is 396 g/mol. The minimum absolute atomic E-state index is 0.283. The summed E-state index contributed by atoms with van der Waals surface area (Å²) in [5.41, 5.74) is 2.84. The Bertz CT molecular complexity index is 1280. The van der Waals surface area contributed by atoms with Crippen LogP contribution >= 0.6 is 11.3 Å². The average molecular weight is 411 g/mol. The summed E-state index contributed by atoms with van der Waals surface area (Å²) in [6.07, 6.45) is 1.29. The first kappa shape index (κ1) is 18.9. The van der Waals surface area contributed by atoms with E-state index >= 15 is 0 Å². The number of benzene rings is 2. The van der Waals surface area contributed by atoms with Crippen molar-refractivity contribution in [3.05, 3.63) is 81.7 Å². The lowest BCUT2D eigenvalue weighted by atomic mass is 10.1. The summed E-state index contributed by atoms with van der Waals surface area (Å²) < 4.78 is 28.5. The van der Waals surface area contributed by atoms with Gasteiger partial charge in [-0.1, -0.05) is 29.8 Å². The Kier molecular flexibility index (Phi) is 4.94. The smallest absolute Gasteiger partial charge is 0.271 e. The van der Waals surface area contributed by atoms with Gasteiger partial charge >= 0.3 is 0 Å². The Morgan fingerprint density at radius 3 is 2.69 bits per heavy atom. The lowest BCUT2D eigenvalue weighted by molar-refractivity contribution is -0.116. The van der Waals surface area contributed by atoms with Crippen molar-refractivity contribution in [2.45, 2.75) is 13.5 Å². The molecule has 5 nitrogen and oxygen atoms in total. The van der Waals surface area contributed by atoms with Crippen LogP contribution in [0.4, 0.5) is 14.5 Å². The van der Waals surface area contributed by atoms with Crippen LogP contribution in [0.3, 0.4) is 0 Å². The standard InChI is InChI=1S/C21H15F2N3O2S/c1-12-2-4-13(5-3-12)15-10-29-20-19(15)24-11-26(21(20)28)9-18(27)25-17-8-14(22)6-7-16(17)23/h2-8,10-11H,9H2,1H3,(H,25,27). The zero-order chi connectivity index (χ0) is 20.5. The summed E-state index contributed by atoms with van der Waals surface area (Å²) in [5.74, 6) is -2.10. The van der Waals surface area contributed by atoms with E-state index in [1.54, 1.807) is 0 Å². The molecule has 0 unspecified atom stereocenters. The van der Waals surface area contributed by atoms with Gasteiger partial charge in [0, 0.05) is 17.0 Å². The van der Waals surface area contributed by atoms with Crippen LogP contribution in [0.15, 0.2) is 59.0 Å². The maximum atomic E-state index is 13.7. The van der Waals surface area contributed by atoms with E-state index in [1.807, 2.05) is 36.6 Å². The second-order valence-corrected chi connectivity index (χ2v) is 7.42. The first-order valence-electron chi connectivity index (χ1n) is 8.71. The summed E-state index contributed by atoms with van der Waals surface area (Å²) >= 11 is 1.25. The molecule has 0 radical (unpaired) electrons. The fourth-order valence-corrected chi connectivity index (χ4v) is 3.91. The third-order valence-corrected chi connectivity index (χ3v) is 5.38. The van der Waals surface area contributed by atoms with Crippen LogP contribution in [0.1, 0.15) is 5.56 Å². The molecule has 4 rings (SSSR count). The number of anilines is 1. The van der Waals surface area contributed by atoms with Gasteiger partial charge in [0.1, 0.15) is 22.9 Å². The molecule has 1 amide bonds. The number of aryl methyl sites for hydroxylation is 1. The summed E-state index contributed by atoms with van der Waals surface area (Å²) in [6.45, 7) is 1.63. The van der Waals surface area contributed by atoms with Crippen molar-refractivity contribution in [3.63, 3.8) is 0 Å². The lowest BCUT2D eigenvalue weighted by Gasteiger charge is -2.08. The van der Waals surface area contributed by atoms with Gasteiger partial charge in [-0.2, -0.15) is 0 Å². The first-order valence-corrected chi connectivity index (χ1v) is 9.59. The number of nitrogens with one attached hydrogen (secondary N) is 1. The zero-order valence-corrected chi connectivity index (χ0v) is 16.1. The minimum atomic E-state index is -0.762. The van der Waals surface area contributed by atoms with Crippen LogP contribution < -0.4 is 10.9 Å². The van der Waals surface area contributed by atoms with Gasteiger partial charge in [-0.3, -0.25) is 14.2 Å². The van der Waals surface area contributed by atoms with E-state index in [1.165, 1.54) is 17.7 Å². The molecular formula is C21H15F2N3O2S. The fraction of sp³-hybridized carbons (Fsp3) is 0.0952. The topological polar surface area (TPSA) is 64.0 Å². The van der Waals surface area contributed by atoms with Gasteiger partial charge in [-0.25, -0.2) is 13.8 Å². The van der Waals surface area contributed by atoms with Crippen molar-refractivity contribution in [1.29, 1.82) is 0 Å². The quantitative estimate of drug-likeness (QED) is 0.543. The third-order valence-electron chi connectivity index (χ3n) is 4.43. The number of carbonyl (C=O) groups is 1. The molecule has 2 heterocycles. The molecule has 0 saturated heterocycles. The van der Waals surface area contributed by atoms with Gasteiger partial charge in [-0.05, 0) is 24.6 Å². The molecule has 1 N–H and O–H groups in total. The van der Waals surface area contributed by atoms with Crippen molar-refractivity contribution in [3.8, 4) is 11.1 Å². The van der Waals surface area contributed by atoms with Gasteiger partial charge in [0.25, 0.3) is 5.56 Å². The minimum Gasteiger partial charge on any atom is -0.322 e. The first-order chi connectivity index (χ1) is 13.9. The Balaban J connectivity index is 1.61. The number of hydrogen-bond acceptors (Lipinski definition) is 4. The van der Waals surface area contributed by atoms with Crippen molar-refractivity contribution in [2.24, 2.45) is 0 Å². The predicted octanol–water partition coefficient (Wildman–Crippen LogP) is 4.35. The summed E-state index contributed by atoms with van der Waals surface area (Å²) in [4.78, 5) is 29.3. The van der Waals surface area contributed by atoms with Gasteiger partial charge in [0.05, 0.1) is 17.5 Å². The van der Waals surface area contributed by atoms with Crippen molar-refractivity contribution >= 4 is 33.1 Å². The molecule has 0 spiro atoms.